The van der Waals surface area contributed by atoms with Gasteiger partial charge in [0.15, 0.2) is 11.6 Å². The number of rotatable bonds is 6. The Hall–Kier alpha value is -1.09. The predicted molar refractivity (Wildman–Crippen MR) is 64.4 cm³/mol. The SMILES string of the molecule is CCCC(COc1cccc(C)c1F)NC. The third-order valence-electron chi connectivity index (χ3n) is 2.64. The zero-order chi connectivity index (χ0) is 12.0. The average Bonchev–Trinajstić information content (AvgIpc) is 2.29. The molecule has 0 fully saturated rings. The molecule has 0 aliphatic rings. The molecule has 0 aromatic heterocycles. The van der Waals surface area contributed by atoms with Crippen LogP contribution in [0, 0.1) is 12.7 Å². The lowest BCUT2D eigenvalue weighted by molar-refractivity contribution is 0.252. The molecule has 0 aliphatic heterocycles. The second-order valence-electron chi connectivity index (χ2n) is 3.97. The first kappa shape index (κ1) is 13.0. The number of halogens is 1. The van der Waals surface area contributed by atoms with Gasteiger partial charge in [0.25, 0.3) is 0 Å². The maximum Gasteiger partial charge on any atom is 0.167 e. The summed E-state index contributed by atoms with van der Waals surface area (Å²) in [6.45, 7) is 4.37. The molecular weight excluding hydrogens is 205 g/mol. The van der Waals surface area contributed by atoms with Gasteiger partial charge in [-0.3, -0.25) is 0 Å². The van der Waals surface area contributed by atoms with Gasteiger partial charge >= 0.3 is 0 Å². The van der Waals surface area contributed by atoms with E-state index in [1.165, 1.54) is 0 Å². The van der Waals surface area contributed by atoms with Crippen LogP contribution in [0.5, 0.6) is 5.75 Å². The van der Waals surface area contributed by atoms with Crippen molar-refractivity contribution in [3.8, 4) is 5.75 Å². The lowest BCUT2D eigenvalue weighted by Crippen LogP contribution is -2.31. The highest BCUT2D eigenvalue weighted by atomic mass is 19.1. The number of benzene rings is 1. The third kappa shape index (κ3) is 3.49. The van der Waals surface area contributed by atoms with Gasteiger partial charge in [-0.1, -0.05) is 25.5 Å². The minimum atomic E-state index is -0.256. The summed E-state index contributed by atoms with van der Waals surface area (Å²) in [6.07, 6.45) is 2.12. The summed E-state index contributed by atoms with van der Waals surface area (Å²) in [5.41, 5.74) is 0.619. The van der Waals surface area contributed by atoms with Gasteiger partial charge in [-0.2, -0.15) is 0 Å². The van der Waals surface area contributed by atoms with Gasteiger partial charge in [-0.05, 0) is 32.0 Å². The van der Waals surface area contributed by atoms with Crippen LogP contribution >= 0.6 is 0 Å². The third-order valence-corrected chi connectivity index (χ3v) is 2.64. The van der Waals surface area contributed by atoms with Crippen LogP contribution in [0.25, 0.3) is 0 Å². The Balaban J connectivity index is 2.56. The second kappa shape index (κ2) is 6.48. The zero-order valence-electron chi connectivity index (χ0n) is 10.2. The molecule has 0 bridgehead atoms. The van der Waals surface area contributed by atoms with Gasteiger partial charge in [-0.25, -0.2) is 4.39 Å². The molecule has 3 heteroatoms. The summed E-state index contributed by atoms with van der Waals surface area (Å²) in [4.78, 5) is 0. The largest absolute Gasteiger partial charge is 0.489 e. The zero-order valence-corrected chi connectivity index (χ0v) is 10.2. The van der Waals surface area contributed by atoms with Crippen LogP contribution in [0.15, 0.2) is 18.2 Å². The Morgan fingerprint density at radius 2 is 2.19 bits per heavy atom. The molecule has 0 amide bonds. The molecule has 0 saturated carbocycles. The van der Waals surface area contributed by atoms with E-state index in [9.17, 15) is 4.39 Å². The van der Waals surface area contributed by atoms with E-state index in [1.54, 1.807) is 19.1 Å². The fourth-order valence-electron chi connectivity index (χ4n) is 1.58. The smallest absolute Gasteiger partial charge is 0.167 e. The van der Waals surface area contributed by atoms with E-state index in [-0.39, 0.29) is 11.9 Å². The Bertz CT molecular complexity index is 328. The molecule has 16 heavy (non-hydrogen) atoms. The molecular formula is C13H20FNO. The maximum atomic E-state index is 13.6. The molecule has 1 N–H and O–H groups in total. The van der Waals surface area contributed by atoms with Crippen molar-refractivity contribution in [1.82, 2.24) is 5.32 Å². The standard InChI is InChI=1S/C13H20FNO/c1-4-6-11(15-3)9-16-12-8-5-7-10(2)13(12)14/h5,7-8,11,15H,4,6,9H2,1-3H3. The van der Waals surface area contributed by atoms with Crippen LogP contribution in [0.2, 0.25) is 0 Å². The molecule has 0 radical (unpaired) electrons. The summed E-state index contributed by atoms with van der Waals surface area (Å²) in [5.74, 6) is 0.0882. The number of ether oxygens (including phenoxy) is 1. The first-order valence-corrected chi connectivity index (χ1v) is 5.74. The van der Waals surface area contributed by atoms with E-state index >= 15 is 0 Å². The van der Waals surface area contributed by atoms with E-state index in [0.717, 1.165) is 12.8 Å². The highest BCUT2D eigenvalue weighted by molar-refractivity contribution is 5.30. The normalized spacial score (nSPS) is 12.5. The number of likely N-dealkylation sites (N-methyl/N-ethyl adjacent to an activating group) is 1. The van der Waals surface area contributed by atoms with Crippen LogP contribution in [0.1, 0.15) is 25.3 Å². The average molecular weight is 225 g/mol. The van der Waals surface area contributed by atoms with Crippen molar-refractivity contribution in [3.63, 3.8) is 0 Å². The van der Waals surface area contributed by atoms with Crippen LogP contribution in [0.4, 0.5) is 4.39 Å². The van der Waals surface area contributed by atoms with Crippen molar-refractivity contribution in [3.05, 3.63) is 29.6 Å². The van der Waals surface area contributed by atoms with E-state index in [4.69, 9.17) is 4.74 Å². The minimum Gasteiger partial charge on any atom is -0.489 e. The van der Waals surface area contributed by atoms with E-state index < -0.39 is 0 Å². The van der Waals surface area contributed by atoms with Crippen LogP contribution < -0.4 is 10.1 Å². The number of hydrogen-bond acceptors (Lipinski definition) is 2. The molecule has 0 aliphatic carbocycles. The molecule has 1 aromatic carbocycles. The molecule has 0 heterocycles. The minimum absolute atomic E-state index is 0.256. The Labute approximate surface area is 96.8 Å². The maximum absolute atomic E-state index is 13.6. The van der Waals surface area contributed by atoms with Gasteiger partial charge in [-0.15, -0.1) is 0 Å². The lowest BCUT2D eigenvalue weighted by atomic mass is 10.2. The topological polar surface area (TPSA) is 21.3 Å². The van der Waals surface area contributed by atoms with Crippen LogP contribution in [-0.4, -0.2) is 19.7 Å². The summed E-state index contributed by atoms with van der Waals surface area (Å²) in [6, 6.07) is 5.50. The summed E-state index contributed by atoms with van der Waals surface area (Å²) in [7, 11) is 1.90. The van der Waals surface area contributed by atoms with Gasteiger partial charge in [0, 0.05) is 6.04 Å². The van der Waals surface area contributed by atoms with Crippen LogP contribution in [0.3, 0.4) is 0 Å². The van der Waals surface area contributed by atoms with Crippen LogP contribution in [-0.2, 0) is 0 Å². The molecule has 1 rings (SSSR count). The highest BCUT2D eigenvalue weighted by Crippen LogP contribution is 2.19. The van der Waals surface area contributed by atoms with Crippen molar-refractivity contribution < 1.29 is 9.13 Å². The van der Waals surface area contributed by atoms with Gasteiger partial charge in [0.05, 0.1) is 0 Å². The number of hydrogen-bond donors (Lipinski definition) is 1. The van der Waals surface area contributed by atoms with Gasteiger partial charge < -0.3 is 10.1 Å². The van der Waals surface area contributed by atoms with E-state index in [2.05, 4.69) is 12.2 Å². The Morgan fingerprint density at radius 3 is 2.81 bits per heavy atom. The van der Waals surface area contributed by atoms with Crippen molar-refractivity contribution in [1.29, 1.82) is 0 Å². The molecule has 1 aromatic rings. The first-order chi connectivity index (χ1) is 7.69. The van der Waals surface area contributed by atoms with Crippen molar-refractivity contribution in [2.75, 3.05) is 13.7 Å². The summed E-state index contributed by atoms with van der Waals surface area (Å²) < 4.78 is 19.1. The fourth-order valence-corrected chi connectivity index (χ4v) is 1.58. The Kier molecular flexibility index (Phi) is 5.26. The van der Waals surface area contributed by atoms with E-state index in [0.29, 0.717) is 17.9 Å². The molecule has 0 spiro atoms. The Morgan fingerprint density at radius 1 is 1.44 bits per heavy atom. The van der Waals surface area contributed by atoms with Crippen molar-refractivity contribution in [2.24, 2.45) is 0 Å². The monoisotopic (exact) mass is 225 g/mol. The van der Waals surface area contributed by atoms with Gasteiger partial charge in [0.2, 0.25) is 0 Å². The van der Waals surface area contributed by atoms with Gasteiger partial charge in [0.1, 0.15) is 6.61 Å². The van der Waals surface area contributed by atoms with E-state index in [1.807, 2.05) is 13.1 Å². The lowest BCUT2D eigenvalue weighted by Gasteiger charge is -2.16. The molecule has 1 atom stereocenters. The number of aryl methyl sites for hydroxylation is 1. The second-order valence-corrected chi connectivity index (χ2v) is 3.97. The summed E-state index contributed by atoms with van der Waals surface area (Å²) >= 11 is 0. The summed E-state index contributed by atoms with van der Waals surface area (Å²) in [5, 5.41) is 3.16. The quantitative estimate of drug-likeness (QED) is 0.803. The molecule has 1 unspecified atom stereocenters. The fraction of sp³-hybridized carbons (Fsp3) is 0.538. The number of nitrogens with one attached hydrogen (secondary N) is 1. The predicted octanol–water partition coefficient (Wildman–Crippen LogP) is 2.90. The molecule has 0 saturated heterocycles. The molecule has 90 valence electrons. The highest BCUT2D eigenvalue weighted by Gasteiger charge is 2.09. The van der Waals surface area contributed by atoms with Crippen molar-refractivity contribution in [2.45, 2.75) is 32.7 Å². The molecule has 2 nitrogen and oxygen atoms in total. The van der Waals surface area contributed by atoms with Crippen molar-refractivity contribution >= 4 is 0 Å². The first-order valence-electron chi connectivity index (χ1n) is 5.74.